The first-order valence-electron chi connectivity index (χ1n) is 5.02. The van der Waals surface area contributed by atoms with Crippen LogP contribution < -0.4 is 5.73 Å². The van der Waals surface area contributed by atoms with E-state index >= 15 is 0 Å². The fraction of sp³-hybridized carbons (Fsp3) is 0.636. The first-order chi connectivity index (χ1) is 6.19. The summed E-state index contributed by atoms with van der Waals surface area (Å²) in [4.78, 5) is 0. The minimum Gasteiger partial charge on any atom is -0.467 e. The molecule has 1 aromatic heterocycles. The summed E-state index contributed by atoms with van der Waals surface area (Å²) in [5, 5.41) is 0. The van der Waals surface area contributed by atoms with E-state index in [1.165, 1.54) is 5.56 Å². The minimum absolute atomic E-state index is 0.0535. The summed E-state index contributed by atoms with van der Waals surface area (Å²) >= 11 is 0. The zero-order valence-corrected chi connectivity index (χ0v) is 8.71. The Morgan fingerprint density at radius 1 is 1.38 bits per heavy atom. The molecule has 0 aliphatic rings. The van der Waals surface area contributed by atoms with Crippen molar-refractivity contribution >= 4 is 0 Å². The van der Waals surface area contributed by atoms with Crippen LogP contribution in [0.25, 0.3) is 0 Å². The molecule has 74 valence electrons. The SMILES string of the molecule is CCC(C)c1coc([C@H](N)CC)c1. The summed E-state index contributed by atoms with van der Waals surface area (Å²) in [5.74, 6) is 1.49. The van der Waals surface area contributed by atoms with Gasteiger partial charge in [-0.25, -0.2) is 0 Å². The molecule has 2 N–H and O–H groups in total. The van der Waals surface area contributed by atoms with Gasteiger partial charge in [0.2, 0.25) is 0 Å². The first kappa shape index (κ1) is 10.3. The van der Waals surface area contributed by atoms with Gasteiger partial charge in [0.25, 0.3) is 0 Å². The maximum absolute atomic E-state index is 5.86. The number of furan rings is 1. The van der Waals surface area contributed by atoms with Crippen molar-refractivity contribution in [3.63, 3.8) is 0 Å². The molecule has 2 nitrogen and oxygen atoms in total. The highest BCUT2D eigenvalue weighted by Gasteiger charge is 2.11. The van der Waals surface area contributed by atoms with Crippen LogP contribution in [0.5, 0.6) is 0 Å². The average molecular weight is 181 g/mol. The zero-order valence-electron chi connectivity index (χ0n) is 8.71. The van der Waals surface area contributed by atoms with Crippen LogP contribution in [0.4, 0.5) is 0 Å². The van der Waals surface area contributed by atoms with Crippen LogP contribution in [0.2, 0.25) is 0 Å². The quantitative estimate of drug-likeness (QED) is 0.774. The van der Waals surface area contributed by atoms with Crippen LogP contribution in [0.15, 0.2) is 16.7 Å². The predicted octanol–water partition coefficient (Wildman–Crippen LogP) is 3.20. The molecule has 2 heteroatoms. The molecule has 0 amide bonds. The van der Waals surface area contributed by atoms with Gasteiger partial charge in [-0.1, -0.05) is 20.8 Å². The van der Waals surface area contributed by atoms with Crippen molar-refractivity contribution in [2.45, 2.75) is 45.6 Å². The van der Waals surface area contributed by atoms with Gasteiger partial charge in [-0.3, -0.25) is 0 Å². The van der Waals surface area contributed by atoms with Gasteiger partial charge in [-0.05, 0) is 30.4 Å². The molecule has 1 unspecified atom stereocenters. The van der Waals surface area contributed by atoms with Crippen LogP contribution in [0, 0.1) is 0 Å². The highest BCUT2D eigenvalue weighted by Crippen LogP contribution is 2.24. The summed E-state index contributed by atoms with van der Waals surface area (Å²) in [6, 6.07) is 2.14. The van der Waals surface area contributed by atoms with Crippen molar-refractivity contribution < 1.29 is 4.42 Å². The topological polar surface area (TPSA) is 39.2 Å². The van der Waals surface area contributed by atoms with E-state index in [0.29, 0.717) is 5.92 Å². The van der Waals surface area contributed by atoms with Gasteiger partial charge in [0.05, 0.1) is 12.3 Å². The molecule has 1 rings (SSSR count). The van der Waals surface area contributed by atoms with Crippen LogP contribution in [-0.4, -0.2) is 0 Å². The smallest absolute Gasteiger partial charge is 0.120 e. The molecule has 0 saturated carbocycles. The van der Waals surface area contributed by atoms with Crippen molar-refractivity contribution in [1.82, 2.24) is 0 Å². The van der Waals surface area contributed by atoms with Crippen molar-refractivity contribution in [1.29, 1.82) is 0 Å². The maximum Gasteiger partial charge on any atom is 0.120 e. The summed E-state index contributed by atoms with van der Waals surface area (Å²) in [7, 11) is 0. The molecule has 1 aromatic rings. The third-order valence-corrected chi connectivity index (χ3v) is 2.63. The highest BCUT2D eigenvalue weighted by atomic mass is 16.3. The Kier molecular flexibility index (Phi) is 3.55. The second-order valence-corrected chi connectivity index (χ2v) is 3.61. The van der Waals surface area contributed by atoms with E-state index in [-0.39, 0.29) is 6.04 Å². The maximum atomic E-state index is 5.86. The second-order valence-electron chi connectivity index (χ2n) is 3.61. The molecule has 13 heavy (non-hydrogen) atoms. The van der Waals surface area contributed by atoms with Gasteiger partial charge in [0.1, 0.15) is 5.76 Å². The lowest BCUT2D eigenvalue weighted by atomic mass is 10.0. The summed E-state index contributed by atoms with van der Waals surface area (Å²) in [5.41, 5.74) is 7.12. The van der Waals surface area contributed by atoms with Crippen LogP contribution in [-0.2, 0) is 0 Å². The van der Waals surface area contributed by atoms with Crippen LogP contribution >= 0.6 is 0 Å². The van der Waals surface area contributed by atoms with Crippen LogP contribution in [0.3, 0.4) is 0 Å². The third kappa shape index (κ3) is 2.34. The van der Waals surface area contributed by atoms with Gasteiger partial charge in [0.15, 0.2) is 0 Å². The van der Waals surface area contributed by atoms with E-state index in [1.807, 2.05) is 6.26 Å². The molecule has 0 aliphatic heterocycles. The van der Waals surface area contributed by atoms with E-state index in [2.05, 4.69) is 26.8 Å². The summed E-state index contributed by atoms with van der Waals surface area (Å²) in [6.07, 6.45) is 3.90. The minimum atomic E-state index is 0.0535. The molecular formula is C11H19NO. The molecule has 0 saturated heterocycles. The van der Waals surface area contributed by atoms with E-state index in [0.717, 1.165) is 18.6 Å². The normalized spacial score (nSPS) is 15.7. The Morgan fingerprint density at radius 2 is 2.08 bits per heavy atom. The molecule has 0 spiro atoms. The lowest BCUT2D eigenvalue weighted by Gasteiger charge is -2.04. The fourth-order valence-corrected chi connectivity index (χ4v) is 1.26. The van der Waals surface area contributed by atoms with Gasteiger partial charge >= 0.3 is 0 Å². The molecule has 0 aromatic carbocycles. The van der Waals surface area contributed by atoms with Gasteiger partial charge < -0.3 is 10.2 Å². The fourth-order valence-electron chi connectivity index (χ4n) is 1.26. The van der Waals surface area contributed by atoms with Gasteiger partial charge in [-0.2, -0.15) is 0 Å². The summed E-state index contributed by atoms with van der Waals surface area (Å²) < 4.78 is 5.42. The van der Waals surface area contributed by atoms with E-state index in [1.54, 1.807) is 0 Å². The number of nitrogens with two attached hydrogens (primary N) is 1. The van der Waals surface area contributed by atoms with Gasteiger partial charge in [-0.15, -0.1) is 0 Å². The molecule has 0 fully saturated rings. The monoisotopic (exact) mass is 181 g/mol. The molecule has 2 atom stereocenters. The molecule has 0 bridgehead atoms. The molecular weight excluding hydrogens is 162 g/mol. The van der Waals surface area contributed by atoms with Crippen molar-refractivity contribution in [2.75, 3.05) is 0 Å². The Labute approximate surface area is 80.1 Å². The van der Waals surface area contributed by atoms with Crippen molar-refractivity contribution in [3.05, 3.63) is 23.7 Å². The van der Waals surface area contributed by atoms with Crippen LogP contribution in [0.1, 0.15) is 56.9 Å². The predicted molar refractivity (Wildman–Crippen MR) is 54.6 cm³/mol. The number of hydrogen-bond donors (Lipinski definition) is 1. The number of rotatable bonds is 4. The zero-order chi connectivity index (χ0) is 9.84. The highest BCUT2D eigenvalue weighted by molar-refractivity contribution is 5.18. The Balaban J connectivity index is 2.74. The average Bonchev–Trinajstić information content (AvgIpc) is 2.64. The second kappa shape index (κ2) is 4.47. The Hall–Kier alpha value is -0.760. The molecule has 0 radical (unpaired) electrons. The van der Waals surface area contributed by atoms with E-state index in [9.17, 15) is 0 Å². The Morgan fingerprint density at radius 3 is 2.62 bits per heavy atom. The molecule has 0 aliphatic carbocycles. The lowest BCUT2D eigenvalue weighted by Crippen LogP contribution is -2.06. The largest absolute Gasteiger partial charge is 0.467 e. The first-order valence-corrected chi connectivity index (χ1v) is 5.02. The van der Waals surface area contributed by atoms with Crippen molar-refractivity contribution in [2.24, 2.45) is 5.73 Å². The van der Waals surface area contributed by atoms with E-state index in [4.69, 9.17) is 10.2 Å². The standard InChI is InChI=1S/C11H19NO/c1-4-8(3)9-6-11(13-7-9)10(12)5-2/h6-8,10H,4-5,12H2,1-3H3/t8?,10-/m1/s1. The summed E-state index contributed by atoms with van der Waals surface area (Å²) in [6.45, 7) is 6.44. The number of hydrogen-bond acceptors (Lipinski definition) is 2. The lowest BCUT2D eigenvalue weighted by molar-refractivity contribution is 0.458. The van der Waals surface area contributed by atoms with Crippen molar-refractivity contribution in [3.8, 4) is 0 Å². The third-order valence-electron chi connectivity index (χ3n) is 2.63. The van der Waals surface area contributed by atoms with Gasteiger partial charge in [0, 0.05) is 0 Å². The molecule has 1 heterocycles. The Bertz CT molecular complexity index is 230. The van der Waals surface area contributed by atoms with E-state index < -0.39 is 0 Å².